The predicted molar refractivity (Wildman–Crippen MR) is 110 cm³/mol. The first-order valence-electron chi connectivity index (χ1n) is 8.94. The standard InChI is InChI=1S/C21H26N2O2S/c1-4-8-19(24)22-17-11-7-12-18(13-17)26-14-20(25)23-21-15(3)9-6-10-16(21)5-2/h6-7,9-13H,4-5,8,14H2,1-3H3,(H,22,24)(H,23,25). The third kappa shape index (κ3) is 5.92. The van der Waals surface area contributed by atoms with Gasteiger partial charge in [-0.05, 0) is 49.1 Å². The largest absolute Gasteiger partial charge is 0.326 e. The van der Waals surface area contributed by atoms with E-state index in [1.807, 2.05) is 56.3 Å². The average Bonchev–Trinajstić information content (AvgIpc) is 2.62. The first kappa shape index (κ1) is 20.0. The molecule has 0 saturated heterocycles. The Kier molecular flexibility index (Phi) is 7.73. The van der Waals surface area contributed by atoms with Crippen molar-refractivity contribution in [1.82, 2.24) is 0 Å². The van der Waals surface area contributed by atoms with Gasteiger partial charge in [-0.3, -0.25) is 9.59 Å². The summed E-state index contributed by atoms with van der Waals surface area (Å²) in [5.41, 5.74) is 3.90. The molecule has 0 aliphatic carbocycles. The Morgan fingerprint density at radius 3 is 2.50 bits per heavy atom. The zero-order chi connectivity index (χ0) is 18.9. The van der Waals surface area contributed by atoms with Gasteiger partial charge >= 0.3 is 0 Å². The minimum atomic E-state index is -0.0283. The van der Waals surface area contributed by atoms with Gasteiger partial charge in [0.2, 0.25) is 11.8 Å². The maximum absolute atomic E-state index is 12.4. The number of amides is 2. The molecule has 0 atom stereocenters. The highest BCUT2D eigenvalue weighted by atomic mass is 32.2. The Labute approximate surface area is 159 Å². The maximum atomic E-state index is 12.4. The van der Waals surface area contributed by atoms with Crippen LogP contribution in [0.3, 0.4) is 0 Å². The second kappa shape index (κ2) is 10.0. The Balaban J connectivity index is 1.95. The number of hydrogen-bond acceptors (Lipinski definition) is 3. The molecule has 2 aromatic carbocycles. The molecule has 2 amide bonds. The van der Waals surface area contributed by atoms with Crippen LogP contribution >= 0.6 is 11.8 Å². The molecule has 0 saturated carbocycles. The van der Waals surface area contributed by atoms with Gasteiger partial charge in [0, 0.05) is 22.7 Å². The molecule has 0 spiro atoms. The van der Waals surface area contributed by atoms with E-state index in [0.29, 0.717) is 12.2 Å². The normalized spacial score (nSPS) is 10.4. The van der Waals surface area contributed by atoms with Crippen LogP contribution in [0.15, 0.2) is 47.4 Å². The van der Waals surface area contributed by atoms with Crippen molar-refractivity contribution in [2.45, 2.75) is 44.9 Å². The Hall–Kier alpha value is -2.27. The molecule has 0 bridgehead atoms. The van der Waals surface area contributed by atoms with Crippen molar-refractivity contribution in [3.63, 3.8) is 0 Å². The number of thioether (sulfide) groups is 1. The number of para-hydroxylation sites is 1. The number of anilines is 2. The molecule has 0 fully saturated rings. The Morgan fingerprint density at radius 1 is 1.00 bits per heavy atom. The van der Waals surface area contributed by atoms with E-state index in [2.05, 4.69) is 17.6 Å². The fourth-order valence-corrected chi connectivity index (χ4v) is 3.40. The summed E-state index contributed by atoms with van der Waals surface area (Å²) in [5.74, 6) is 0.308. The van der Waals surface area contributed by atoms with Crippen LogP contribution in [-0.4, -0.2) is 17.6 Å². The third-order valence-electron chi connectivity index (χ3n) is 3.97. The first-order valence-corrected chi connectivity index (χ1v) is 9.93. The molecule has 0 unspecified atom stereocenters. The quantitative estimate of drug-likeness (QED) is 0.641. The second-order valence-electron chi connectivity index (χ2n) is 6.13. The molecule has 0 aliphatic heterocycles. The van der Waals surface area contributed by atoms with Crippen molar-refractivity contribution in [2.75, 3.05) is 16.4 Å². The van der Waals surface area contributed by atoms with Crippen molar-refractivity contribution in [2.24, 2.45) is 0 Å². The molecule has 2 N–H and O–H groups in total. The monoisotopic (exact) mass is 370 g/mol. The van der Waals surface area contributed by atoms with Crippen molar-refractivity contribution < 1.29 is 9.59 Å². The highest BCUT2D eigenvalue weighted by Crippen LogP contribution is 2.24. The van der Waals surface area contributed by atoms with E-state index in [1.54, 1.807) is 0 Å². The van der Waals surface area contributed by atoms with Gasteiger partial charge in [0.05, 0.1) is 5.75 Å². The number of benzene rings is 2. The van der Waals surface area contributed by atoms with E-state index < -0.39 is 0 Å². The van der Waals surface area contributed by atoms with Crippen LogP contribution in [0.1, 0.15) is 37.8 Å². The number of rotatable bonds is 8. The lowest BCUT2D eigenvalue weighted by Crippen LogP contribution is -2.16. The maximum Gasteiger partial charge on any atom is 0.234 e. The van der Waals surface area contributed by atoms with Crippen LogP contribution in [-0.2, 0) is 16.0 Å². The van der Waals surface area contributed by atoms with Crippen molar-refractivity contribution in [1.29, 1.82) is 0 Å². The molecular formula is C21H26N2O2S. The topological polar surface area (TPSA) is 58.2 Å². The summed E-state index contributed by atoms with van der Waals surface area (Å²) in [7, 11) is 0. The molecule has 2 rings (SSSR count). The van der Waals surface area contributed by atoms with E-state index >= 15 is 0 Å². The van der Waals surface area contributed by atoms with Gasteiger partial charge in [0.15, 0.2) is 0 Å². The summed E-state index contributed by atoms with van der Waals surface area (Å²) in [6.07, 6.45) is 2.21. The zero-order valence-electron chi connectivity index (χ0n) is 15.6. The first-order chi connectivity index (χ1) is 12.5. The molecule has 0 radical (unpaired) electrons. The van der Waals surface area contributed by atoms with Crippen LogP contribution in [0.2, 0.25) is 0 Å². The lowest BCUT2D eigenvalue weighted by Gasteiger charge is -2.13. The van der Waals surface area contributed by atoms with Gasteiger partial charge in [0.1, 0.15) is 0 Å². The number of aryl methyl sites for hydroxylation is 2. The number of carbonyl (C=O) groups is 2. The van der Waals surface area contributed by atoms with Gasteiger partial charge in [-0.25, -0.2) is 0 Å². The predicted octanol–water partition coefficient (Wildman–Crippen LogP) is 5.03. The second-order valence-corrected chi connectivity index (χ2v) is 7.17. The van der Waals surface area contributed by atoms with Crippen molar-refractivity contribution in [3.05, 3.63) is 53.6 Å². The number of carbonyl (C=O) groups excluding carboxylic acids is 2. The Morgan fingerprint density at radius 2 is 1.77 bits per heavy atom. The number of hydrogen-bond donors (Lipinski definition) is 2. The highest BCUT2D eigenvalue weighted by molar-refractivity contribution is 8.00. The lowest BCUT2D eigenvalue weighted by molar-refractivity contribution is -0.116. The van der Waals surface area contributed by atoms with Crippen LogP contribution in [0.4, 0.5) is 11.4 Å². The van der Waals surface area contributed by atoms with Gasteiger partial charge < -0.3 is 10.6 Å². The smallest absolute Gasteiger partial charge is 0.234 e. The molecule has 2 aromatic rings. The van der Waals surface area contributed by atoms with Crippen LogP contribution in [0.25, 0.3) is 0 Å². The zero-order valence-corrected chi connectivity index (χ0v) is 16.4. The molecule has 0 aliphatic rings. The highest BCUT2D eigenvalue weighted by Gasteiger charge is 2.09. The molecule has 4 nitrogen and oxygen atoms in total. The van der Waals surface area contributed by atoms with Crippen molar-refractivity contribution in [3.8, 4) is 0 Å². The summed E-state index contributed by atoms with van der Waals surface area (Å²) < 4.78 is 0. The molecule has 0 heterocycles. The van der Waals surface area contributed by atoms with Gasteiger partial charge in [-0.2, -0.15) is 0 Å². The van der Waals surface area contributed by atoms with E-state index in [9.17, 15) is 9.59 Å². The Bertz CT molecular complexity index is 774. The van der Waals surface area contributed by atoms with E-state index in [-0.39, 0.29) is 11.8 Å². The van der Waals surface area contributed by atoms with Crippen LogP contribution in [0.5, 0.6) is 0 Å². The molecule has 26 heavy (non-hydrogen) atoms. The van der Waals surface area contributed by atoms with Crippen LogP contribution in [0, 0.1) is 6.92 Å². The summed E-state index contributed by atoms with van der Waals surface area (Å²) in [5, 5.41) is 5.91. The summed E-state index contributed by atoms with van der Waals surface area (Å²) in [4.78, 5) is 25.0. The van der Waals surface area contributed by atoms with Gasteiger partial charge in [-0.15, -0.1) is 11.8 Å². The van der Waals surface area contributed by atoms with Crippen LogP contribution < -0.4 is 10.6 Å². The van der Waals surface area contributed by atoms with Crippen molar-refractivity contribution >= 4 is 35.0 Å². The van der Waals surface area contributed by atoms with E-state index in [1.165, 1.54) is 11.8 Å². The lowest BCUT2D eigenvalue weighted by atomic mass is 10.1. The average molecular weight is 371 g/mol. The van der Waals surface area contributed by atoms with E-state index in [4.69, 9.17) is 0 Å². The fourth-order valence-electron chi connectivity index (χ4n) is 2.64. The fraction of sp³-hybridized carbons (Fsp3) is 0.333. The van der Waals surface area contributed by atoms with E-state index in [0.717, 1.165) is 40.2 Å². The number of nitrogens with one attached hydrogen (secondary N) is 2. The van der Waals surface area contributed by atoms with Gasteiger partial charge in [0.25, 0.3) is 0 Å². The van der Waals surface area contributed by atoms with Gasteiger partial charge in [-0.1, -0.05) is 38.1 Å². The molecule has 0 aromatic heterocycles. The third-order valence-corrected chi connectivity index (χ3v) is 4.96. The minimum absolute atomic E-state index is 0.0130. The molecule has 138 valence electrons. The summed E-state index contributed by atoms with van der Waals surface area (Å²) in [6, 6.07) is 13.6. The molecular weight excluding hydrogens is 344 g/mol. The molecule has 5 heteroatoms. The summed E-state index contributed by atoms with van der Waals surface area (Å²) in [6.45, 7) is 6.06. The minimum Gasteiger partial charge on any atom is -0.326 e. The SMILES string of the molecule is CCCC(=O)Nc1cccc(SCC(=O)Nc2c(C)cccc2CC)c1. The summed E-state index contributed by atoms with van der Waals surface area (Å²) >= 11 is 1.46.